The van der Waals surface area contributed by atoms with Crippen molar-refractivity contribution in [3.63, 3.8) is 0 Å². The predicted octanol–water partition coefficient (Wildman–Crippen LogP) is 19.8. The number of nitrogens with one attached hydrogen (secondary N) is 1. The van der Waals surface area contributed by atoms with Crippen LogP contribution in [0.3, 0.4) is 0 Å². The highest BCUT2D eigenvalue weighted by atomic mass is 31.2. The van der Waals surface area contributed by atoms with Crippen LogP contribution in [0.5, 0.6) is 0 Å². The third-order valence-corrected chi connectivity index (χ3v) is 14.0. The van der Waals surface area contributed by atoms with Gasteiger partial charge in [0.1, 0.15) is 19.3 Å². The van der Waals surface area contributed by atoms with E-state index in [1.54, 1.807) is 0 Å². The first-order valence-electron chi connectivity index (χ1n) is 31.7. The van der Waals surface area contributed by atoms with E-state index in [0.717, 1.165) is 116 Å². The van der Waals surface area contributed by atoms with Crippen LogP contribution in [0.15, 0.2) is 146 Å². The van der Waals surface area contributed by atoms with Gasteiger partial charge in [-0.25, -0.2) is 4.57 Å². The summed E-state index contributed by atoms with van der Waals surface area (Å²) in [4.78, 5) is 37.7. The van der Waals surface area contributed by atoms with Crippen molar-refractivity contribution in [3.05, 3.63) is 146 Å². The summed E-state index contributed by atoms with van der Waals surface area (Å²) in [6.45, 7) is 6.70. The average Bonchev–Trinajstić information content (AvgIpc) is 3.42. The zero-order valence-corrected chi connectivity index (χ0v) is 52.7. The number of phosphoric ester groups is 1. The van der Waals surface area contributed by atoms with Gasteiger partial charge in [0.25, 0.3) is 0 Å². The Bertz CT molecular complexity index is 1880. The summed E-state index contributed by atoms with van der Waals surface area (Å²) in [5.41, 5.74) is 0. The first kappa shape index (κ1) is 75.9. The maximum Gasteiger partial charge on any atom is 0.472 e. The fourth-order valence-corrected chi connectivity index (χ4v) is 8.96. The fourth-order valence-electron chi connectivity index (χ4n) is 8.22. The lowest BCUT2D eigenvalue weighted by Gasteiger charge is -2.27. The molecule has 454 valence electrons. The van der Waals surface area contributed by atoms with E-state index in [1.165, 1.54) is 70.6 Å². The first-order valence-corrected chi connectivity index (χ1v) is 33.2. The Labute approximate surface area is 491 Å². The molecule has 0 aliphatic heterocycles. The molecule has 0 bridgehead atoms. The summed E-state index contributed by atoms with van der Waals surface area (Å²) in [5.74, 6) is -0.627. The zero-order chi connectivity index (χ0) is 58.6. The lowest BCUT2D eigenvalue weighted by molar-refractivity contribution is -0.870. The summed E-state index contributed by atoms with van der Waals surface area (Å²) in [5, 5.41) is 3.00. The zero-order valence-electron chi connectivity index (χ0n) is 51.8. The van der Waals surface area contributed by atoms with E-state index in [4.69, 9.17) is 13.8 Å². The molecule has 1 amide bonds. The summed E-state index contributed by atoms with van der Waals surface area (Å²) in [6, 6.07) is -0.905. The minimum absolute atomic E-state index is 0.0164. The van der Waals surface area contributed by atoms with Crippen molar-refractivity contribution in [2.24, 2.45) is 0 Å². The lowest BCUT2D eigenvalue weighted by Crippen LogP contribution is -2.47. The van der Waals surface area contributed by atoms with Crippen molar-refractivity contribution in [2.75, 3.05) is 40.9 Å². The van der Waals surface area contributed by atoms with Gasteiger partial charge in [-0.15, -0.1) is 0 Å². The van der Waals surface area contributed by atoms with Crippen LogP contribution in [0.4, 0.5) is 0 Å². The largest absolute Gasteiger partial charge is 0.472 e. The molecule has 0 saturated carbocycles. The highest BCUT2D eigenvalue weighted by Crippen LogP contribution is 2.43. The van der Waals surface area contributed by atoms with Crippen molar-refractivity contribution in [3.8, 4) is 0 Å². The SMILES string of the molecule is CC/C=C\C/C=C\C/C=C\C/C=C\C/C=C\C/C=C\CCC(=O)NC(COP(=O)(O)OCC[N+](C)(C)C)C(/C=C/CCCCCCCCCCCC)OC(=O)CCCCCCCCC/C=C\C/C=C\C/C=C\C/C=C\C/C=C\CC. The molecule has 9 nitrogen and oxygen atoms in total. The number of likely N-dealkylation sites (N-methyl/N-ethyl adjacent to an activating group) is 1. The van der Waals surface area contributed by atoms with E-state index < -0.39 is 20.0 Å². The fraction of sp³-hybridized carbons (Fsp3) is 0.629. The van der Waals surface area contributed by atoms with Crippen molar-refractivity contribution in [1.82, 2.24) is 5.32 Å². The van der Waals surface area contributed by atoms with Gasteiger partial charge in [-0.3, -0.25) is 18.6 Å². The van der Waals surface area contributed by atoms with Crippen molar-refractivity contribution >= 4 is 19.7 Å². The van der Waals surface area contributed by atoms with Crippen molar-refractivity contribution in [1.29, 1.82) is 0 Å². The van der Waals surface area contributed by atoms with Crippen molar-refractivity contribution < 1.29 is 37.3 Å². The van der Waals surface area contributed by atoms with Gasteiger partial charge in [-0.05, 0) is 115 Å². The quantitative estimate of drug-likeness (QED) is 0.0205. The van der Waals surface area contributed by atoms with Gasteiger partial charge in [-0.2, -0.15) is 0 Å². The van der Waals surface area contributed by atoms with Crippen molar-refractivity contribution in [2.45, 2.75) is 245 Å². The van der Waals surface area contributed by atoms with Gasteiger partial charge in [0.15, 0.2) is 0 Å². The standard InChI is InChI=1S/C70H117N2O7P/c1-7-10-13-16-19-22-25-28-30-32-34-35-36-37-39-41-43-45-48-51-54-57-60-63-70(74)79-68(61-58-55-52-49-46-27-24-21-18-15-12-9-3)67(66-78-80(75,76)77-65-64-72(4,5)6)71-69(73)62-59-56-53-50-47-44-42-40-38-33-31-29-26-23-20-17-14-11-8-2/h10-11,13-14,19-20,22-23,28-31,34-35,37-40,44,47,53,56,58,61,67-68H,7-9,12,15-18,21,24-27,32-33,36,41-43,45-46,48-52,54-55,57,59-60,62-66H2,1-6H3,(H-,71,73,75,76)/p+1/b13-10-,14-11-,22-19-,23-20-,30-28-,31-29-,35-34-,39-37-,40-38-,47-44-,56-53-,61-58+. The monoisotopic (exact) mass is 1130 g/mol. The molecule has 0 aliphatic carbocycles. The van der Waals surface area contributed by atoms with Crippen LogP contribution < -0.4 is 5.32 Å². The second kappa shape index (κ2) is 58.1. The second-order valence-electron chi connectivity index (χ2n) is 21.8. The van der Waals surface area contributed by atoms with E-state index >= 15 is 0 Å². The Morgan fingerprint density at radius 2 is 0.812 bits per heavy atom. The molecule has 0 aliphatic rings. The van der Waals surface area contributed by atoms with Gasteiger partial charge < -0.3 is 19.4 Å². The van der Waals surface area contributed by atoms with E-state index in [0.29, 0.717) is 23.9 Å². The Morgan fingerprint density at radius 1 is 0.450 bits per heavy atom. The summed E-state index contributed by atoms with van der Waals surface area (Å²) in [7, 11) is 1.42. The topological polar surface area (TPSA) is 111 Å². The Balaban J connectivity index is 5.36. The number of quaternary nitrogens is 1. The van der Waals surface area contributed by atoms with Crippen LogP contribution in [-0.2, 0) is 27.9 Å². The molecule has 3 atom stereocenters. The average molecular weight is 1130 g/mol. The van der Waals surface area contributed by atoms with Crippen LogP contribution in [0.2, 0.25) is 0 Å². The molecule has 0 aromatic carbocycles. The van der Waals surface area contributed by atoms with Crippen LogP contribution >= 0.6 is 7.82 Å². The highest BCUT2D eigenvalue weighted by Gasteiger charge is 2.30. The maximum absolute atomic E-state index is 13.5. The van der Waals surface area contributed by atoms with Gasteiger partial charge in [0.05, 0.1) is 33.8 Å². The van der Waals surface area contributed by atoms with Gasteiger partial charge in [-0.1, -0.05) is 250 Å². The maximum atomic E-state index is 13.5. The van der Waals surface area contributed by atoms with Crippen LogP contribution in [0.1, 0.15) is 233 Å². The molecule has 10 heteroatoms. The molecule has 0 aromatic heterocycles. The second-order valence-corrected chi connectivity index (χ2v) is 23.3. The molecule has 3 unspecified atom stereocenters. The first-order chi connectivity index (χ1) is 38.9. The number of rotatable bonds is 55. The number of phosphoric acid groups is 1. The van der Waals surface area contributed by atoms with Crippen LogP contribution in [-0.4, -0.2) is 74.3 Å². The number of ether oxygens (including phenoxy) is 1. The van der Waals surface area contributed by atoms with E-state index in [2.05, 4.69) is 148 Å². The lowest BCUT2D eigenvalue weighted by atomic mass is 10.1. The number of allylic oxidation sites excluding steroid dienone is 23. The number of nitrogens with zero attached hydrogens (tertiary/aromatic N) is 1. The molecule has 0 spiro atoms. The smallest absolute Gasteiger partial charge is 0.456 e. The molecule has 80 heavy (non-hydrogen) atoms. The molecule has 0 saturated heterocycles. The molecular weight excluding hydrogens is 1010 g/mol. The minimum atomic E-state index is -4.48. The number of carbonyl (C=O) groups is 2. The Morgan fingerprint density at radius 3 is 1.23 bits per heavy atom. The summed E-state index contributed by atoms with van der Waals surface area (Å²) >= 11 is 0. The number of carbonyl (C=O) groups excluding carboxylic acids is 2. The molecular formula is C70H118N2O7P+. The van der Waals surface area contributed by atoms with E-state index in [1.807, 2.05) is 45.4 Å². The number of unbranched alkanes of at least 4 members (excludes halogenated alkanes) is 17. The number of hydrogen-bond acceptors (Lipinski definition) is 6. The number of hydrogen-bond donors (Lipinski definition) is 2. The van der Waals surface area contributed by atoms with E-state index in [-0.39, 0.29) is 37.9 Å². The molecule has 0 rings (SSSR count). The Hall–Kier alpha value is -4.11. The third-order valence-electron chi connectivity index (χ3n) is 13.0. The van der Waals surface area contributed by atoms with Gasteiger partial charge >= 0.3 is 13.8 Å². The molecule has 0 fully saturated rings. The third kappa shape index (κ3) is 58.5. The predicted molar refractivity (Wildman–Crippen MR) is 346 cm³/mol. The highest BCUT2D eigenvalue weighted by molar-refractivity contribution is 7.47. The van der Waals surface area contributed by atoms with Crippen LogP contribution in [0, 0.1) is 0 Å². The summed E-state index contributed by atoms with van der Waals surface area (Å²) in [6.07, 6.45) is 84.4. The molecule has 2 N–H and O–H groups in total. The van der Waals surface area contributed by atoms with Gasteiger partial charge in [0.2, 0.25) is 5.91 Å². The summed E-state index contributed by atoms with van der Waals surface area (Å²) < 4.78 is 30.6. The molecule has 0 radical (unpaired) electrons. The number of esters is 1. The molecule has 0 heterocycles. The van der Waals surface area contributed by atoms with Crippen LogP contribution in [0.25, 0.3) is 0 Å². The minimum Gasteiger partial charge on any atom is -0.456 e. The molecule has 0 aromatic rings. The van der Waals surface area contributed by atoms with E-state index in [9.17, 15) is 19.0 Å². The number of amides is 1. The normalized spacial score (nSPS) is 14.6. The Kier molecular flexibility index (Phi) is 55.1. The van der Waals surface area contributed by atoms with Gasteiger partial charge in [0, 0.05) is 12.8 Å².